The fourth-order valence-electron chi connectivity index (χ4n) is 2.94. The van der Waals surface area contributed by atoms with E-state index in [1.54, 1.807) is 12.1 Å². The third-order valence-electron chi connectivity index (χ3n) is 4.16. The Morgan fingerprint density at radius 3 is 2.88 bits per heavy atom. The van der Waals surface area contributed by atoms with Crippen molar-refractivity contribution in [2.45, 2.75) is 26.2 Å². The molecular weight excluding hydrogens is 459 g/mol. The summed E-state index contributed by atoms with van der Waals surface area (Å²) in [6.07, 6.45) is 2.77. The third kappa shape index (κ3) is 3.45. The van der Waals surface area contributed by atoms with E-state index in [1.165, 1.54) is 11.3 Å². The van der Waals surface area contributed by atoms with Gasteiger partial charge in [0.15, 0.2) is 0 Å². The maximum Gasteiger partial charge on any atom is 0.257 e. The zero-order chi connectivity index (χ0) is 17.4. The standard InChI is InChI=1S/C17H16ClIN2O2S/c1-8-2-4-10-13(6-8)24-17(14(10)15(20)22)21-16(23)11-7-9(19)3-5-12(11)18/h3,5,7-8H,2,4,6H2,1H3,(H2,20,22)(H,21,23)/t8-/m0/s1. The van der Waals surface area contributed by atoms with E-state index in [2.05, 4.69) is 34.8 Å². The molecule has 1 aliphatic carbocycles. The van der Waals surface area contributed by atoms with E-state index < -0.39 is 5.91 Å². The first kappa shape index (κ1) is 17.7. The van der Waals surface area contributed by atoms with Crippen LogP contribution in [0, 0.1) is 9.49 Å². The molecule has 0 spiro atoms. The minimum absolute atomic E-state index is 0.326. The largest absolute Gasteiger partial charge is 0.365 e. The van der Waals surface area contributed by atoms with Crippen LogP contribution in [0.3, 0.4) is 0 Å². The van der Waals surface area contributed by atoms with Crippen LogP contribution < -0.4 is 11.1 Å². The fourth-order valence-corrected chi connectivity index (χ4v) is 5.05. The maximum atomic E-state index is 12.6. The van der Waals surface area contributed by atoms with Crippen LogP contribution in [0.15, 0.2) is 18.2 Å². The van der Waals surface area contributed by atoms with E-state index in [1.807, 2.05) is 6.07 Å². The number of anilines is 1. The van der Waals surface area contributed by atoms with E-state index in [0.717, 1.165) is 33.3 Å². The van der Waals surface area contributed by atoms with Gasteiger partial charge in [-0.1, -0.05) is 18.5 Å². The van der Waals surface area contributed by atoms with Crippen molar-refractivity contribution in [3.05, 3.63) is 48.4 Å². The number of nitrogens with one attached hydrogen (secondary N) is 1. The van der Waals surface area contributed by atoms with Gasteiger partial charge >= 0.3 is 0 Å². The molecule has 0 saturated heterocycles. The summed E-state index contributed by atoms with van der Waals surface area (Å²) in [4.78, 5) is 25.7. The molecule has 1 aliphatic rings. The van der Waals surface area contributed by atoms with Gasteiger partial charge in [0.1, 0.15) is 5.00 Å². The average Bonchev–Trinajstić information content (AvgIpc) is 2.86. The minimum atomic E-state index is -0.494. The number of rotatable bonds is 3. The second kappa shape index (κ2) is 7.01. The number of carbonyl (C=O) groups is 2. The smallest absolute Gasteiger partial charge is 0.257 e. The molecule has 0 radical (unpaired) electrons. The zero-order valence-corrected chi connectivity index (χ0v) is 16.7. The maximum absolute atomic E-state index is 12.6. The first-order valence-corrected chi connectivity index (χ1v) is 9.85. The summed E-state index contributed by atoms with van der Waals surface area (Å²) < 4.78 is 0.913. The molecule has 7 heteroatoms. The lowest BCUT2D eigenvalue weighted by atomic mass is 9.88. The van der Waals surface area contributed by atoms with Gasteiger partial charge in [-0.3, -0.25) is 9.59 Å². The number of halogens is 2. The Balaban J connectivity index is 1.96. The Morgan fingerprint density at radius 2 is 2.17 bits per heavy atom. The van der Waals surface area contributed by atoms with Crippen LogP contribution in [-0.2, 0) is 12.8 Å². The van der Waals surface area contributed by atoms with Crippen LogP contribution in [0.4, 0.5) is 5.00 Å². The second-order valence-electron chi connectivity index (χ2n) is 6.00. The van der Waals surface area contributed by atoms with E-state index in [0.29, 0.717) is 27.1 Å². The molecule has 0 fully saturated rings. The number of fused-ring (bicyclic) bond motifs is 1. The number of hydrogen-bond donors (Lipinski definition) is 2. The van der Waals surface area contributed by atoms with Crippen molar-refractivity contribution in [3.8, 4) is 0 Å². The van der Waals surface area contributed by atoms with E-state index in [4.69, 9.17) is 17.3 Å². The molecule has 2 amide bonds. The molecule has 24 heavy (non-hydrogen) atoms. The molecule has 0 bridgehead atoms. The Labute approximate surface area is 162 Å². The van der Waals surface area contributed by atoms with Crippen LogP contribution >= 0.6 is 45.5 Å². The molecule has 2 aromatic rings. The highest BCUT2D eigenvalue weighted by molar-refractivity contribution is 14.1. The SMILES string of the molecule is C[C@H]1CCc2c(sc(NC(=O)c3cc(I)ccc3Cl)c2C(N)=O)C1. The first-order chi connectivity index (χ1) is 11.4. The third-order valence-corrected chi connectivity index (χ3v) is 6.33. The normalized spacial score (nSPS) is 16.5. The number of nitrogens with two attached hydrogens (primary N) is 1. The molecule has 1 aromatic heterocycles. The van der Waals surface area contributed by atoms with Crippen LogP contribution in [0.2, 0.25) is 5.02 Å². The van der Waals surface area contributed by atoms with E-state index in [-0.39, 0.29) is 5.91 Å². The Bertz CT molecular complexity index is 834. The van der Waals surface area contributed by atoms with Gasteiger partial charge in [0.2, 0.25) is 0 Å². The van der Waals surface area contributed by atoms with Crippen molar-refractivity contribution in [2.24, 2.45) is 11.7 Å². The monoisotopic (exact) mass is 474 g/mol. The zero-order valence-electron chi connectivity index (χ0n) is 13.0. The number of benzene rings is 1. The van der Waals surface area contributed by atoms with Crippen molar-refractivity contribution < 1.29 is 9.59 Å². The Kier molecular flexibility index (Phi) is 5.17. The lowest BCUT2D eigenvalue weighted by molar-refractivity contribution is 0.1000. The minimum Gasteiger partial charge on any atom is -0.365 e. The number of primary amides is 1. The van der Waals surface area contributed by atoms with Crippen molar-refractivity contribution in [3.63, 3.8) is 0 Å². The topological polar surface area (TPSA) is 72.2 Å². The molecule has 4 nitrogen and oxygen atoms in total. The summed E-state index contributed by atoms with van der Waals surface area (Å²) in [5.41, 5.74) is 7.41. The predicted octanol–water partition coefficient (Wildman–Crippen LogP) is 4.48. The van der Waals surface area contributed by atoms with Gasteiger partial charge in [0.25, 0.3) is 11.8 Å². The van der Waals surface area contributed by atoms with Crippen LogP contribution in [-0.4, -0.2) is 11.8 Å². The highest BCUT2D eigenvalue weighted by Gasteiger charge is 2.27. The summed E-state index contributed by atoms with van der Waals surface area (Å²) in [6.45, 7) is 2.19. The molecule has 0 unspecified atom stereocenters. The average molecular weight is 475 g/mol. The van der Waals surface area contributed by atoms with Gasteiger partial charge in [-0.25, -0.2) is 0 Å². The molecule has 1 heterocycles. The Hall–Kier alpha value is -1.12. The van der Waals surface area contributed by atoms with E-state index in [9.17, 15) is 9.59 Å². The highest BCUT2D eigenvalue weighted by atomic mass is 127. The fraction of sp³-hybridized carbons (Fsp3) is 0.294. The quantitative estimate of drug-likeness (QED) is 0.644. The van der Waals surface area contributed by atoms with Gasteiger partial charge in [-0.15, -0.1) is 11.3 Å². The summed E-state index contributed by atoms with van der Waals surface area (Å²) in [5, 5.41) is 3.75. The summed E-state index contributed by atoms with van der Waals surface area (Å²) in [6, 6.07) is 5.24. The lowest BCUT2D eigenvalue weighted by Crippen LogP contribution is -2.19. The van der Waals surface area contributed by atoms with Gasteiger partial charge < -0.3 is 11.1 Å². The summed E-state index contributed by atoms with van der Waals surface area (Å²) in [5.74, 6) is -0.246. The van der Waals surface area contributed by atoms with Crippen molar-refractivity contribution in [1.82, 2.24) is 0 Å². The van der Waals surface area contributed by atoms with Crippen molar-refractivity contribution >= 4 is 62.3 Å². The van der Waals surface area contributed by atoms with E-state index >= 15 is 0 Å². The number of amides is 2. The molecule has 1 atom stereocenters. The van der Waals surface area contributed by atoms with Crippen molar-refractivity contribution in [2.75, 3.05) is 5.32 Å². The molecule has 0 saturated carbocycles. The molecule has 126 valence electrons. The van der Waals surface area contributed by atoms with Crippen LogP contribution in [0.1, 0.15) is 44.5 Å². The Morgan fingerprint density at radius 1 is 1.42 bits per heavy atom. The van der Waals surface area contributed by atoms with Gasteiger partial charge in [-0.2, -0.15) is 0 Å². The molecule has 1 aromatic carbocycles. The van der Waals surface area contributed by atoms with Gasteiger partial charge in [0, 0.05) is 8.45 Å². The van der Waals surface area contributed by atoms with Crippen LogP contribution in [0.25, 0.3) is 0 Å². The predicted molar refractivity (Wildman–Crippen MR) is 106 cm³/mol. The summed E-state index contributed by atoms with van der Waals surface area (Å²) >= 11 is 9.70. The highest BCUT2D eigenvalue weighted by Crippen LogP contribution is 2.39. The molecule has 3 N–H and O–H groups in total. The number of carbonyl (C=O) groups excluding carboxylic acids is 2. The molecule has 3 rings (SSSR count). The first-order valence-electron chi connectivity index (χ1n) is 7.57. The van der Waals surface area contributed by atoms with Crippen molar-refractivity contribution in [1.29, 1.82) is 0 Å². The lowest BCUT2D eigenvalue weighted by Gasteiger charge is -2.18. The van der Waals surface area contributed by atoms with Gasteiger partial charge in [0.05, 0.1) is 16.1 Å². The number of hydrogen-bond acceptors (Lipinski definition) is 3. The van der Waals surface area contributed by atoms with Crippen LogP contribution in [0.5, 0.6) is 0 Å². The van der Waals surface area contributed by atoms with Gasteiger partial charge in [-0.05, 0) is 71.5 Å². The number of thiophene rings is 1. The second-order valence-corrected chi connectivity index (χ2v) is 8.76. The molecule has 0 aliphatic heterocycles. The molecular formula is C17H16ClIN2O2S. The summed E-state index contributed by atoms with van der Waals surface area (Å²) in [7, 11) is 0.